The third-order valence-electron chi connectivity index (χ3n) is 4.96. The van der Waals surface area contributed by atoms with Gasteiger partial charge in [-0.2, -0.15) is 0 Å². The van der Waals surface area contributed by atoms with Crippen LogP contribution >= 0.6 is 11.6 Å². The number of nitrogens with one attached hydrogen (secondary N) is 2. The van der Waals surface area contributed by atoms with Gasteiger partial charge in [-0.05, 0) is 50.4 Å². The molecule has 0 aliphatic rings. The van der Waals surface area contributed by atoms with E-state index in [1.54, 1.807) is 18.8 Å². The van der Waals surface area contributed by atoms with Gasteiger partial charge in [0.25, 0.3) is 0 Å². The Morgan fingerprint density at radius 3 is 2.59 bits per heavy atom. The maximum absolute atomic E-state index is 12.1. The van der Waals surface area contributed by atoms with E-state index >= 15 is 0 Å². The van der Waals surface area contributed by atoms with Gasteiger partial charge in [0.1, 0.15) is 0 Å². The predicted molar refractivity (Wildman–Crippen MR) is 114 cm³/mol. The highest BCUT2D eigenvalue weighted by molar-refractivity contribution is 6.30. The number of rotatable bonds is 12. The molecule has 1 aromatic heterocycles. The molecule has 1 heterocycles. The Hall–Kier alpha value is -1.99. The summed E-state index contributed by atoms with van der Waals surface area (Å²) in [7, 11) is 1.65. The Morgan fingerprint density at radius 2 is 1.97 bits per heavy atom. The first kappa shape index (κ1) is 23.3. The lowest BCUT2D eigenvalue weighted by Gasteiger charge is -2.22. The molecule has 0 saturated carbocycles. The number of hydroxylamine groups is 1. The number of aryl methyl sites for hydroxylation is 1. The van der Waals surface area contributed by atoms with Gasteiger partial charge in [0.05, 0.1) is 16.8 Å². The van der Waals surface area contributed by atoms with Crippen molar-refractivity contribution in [3.63, 3.8) is 0 Å². The maximum atomic E-state index is 12.1. The lowest BCUT2D eigenvalue weighted by molar-refractivity contribution is -0.135. The molecule has 0 bridgehead atoms. The zero-order valence-corrected chi connectivity index (χ0v) is 17.8. The minimum Gasteiger partial charge on any atom is -0.377 e. The SMILES string of the molecule is CO[C@H](C[C@H](CCCCNCc1ccc(Cl)cn1)C(=O)NO)c1ccc(C)cc1. The van der Waals surface area contributed by atoms with Crippen LogP contribution in [0, 0.1) is 12.8 Å². The third kappa shape index (κ3) is 8.11. The first-order chi connectivity index (χ1) is 14.0. The Morgan fingerprint density at radius 1 is 1.21 bits per heavy atom. The van der Waals surface area contributed by atoms with Crippen molar-refractivity contribution in [2.45, 2.75) is 45.3 Å². The lowest BCUT2D eigenvalue weighted by Crippen LogP contribution is -2.29. The minimum absolute atomic E-state index is 0.188. The Kier molecular flexibility index (Phi) is 10.1. The number of hydrogen-bond donors (Lipinski definition) is 3. The van der Waals surface area contributed by atoms with E-state index in [1.165, 1.54) is 5.56 Å². The lowest BCUT2D eigenvalue weighted by atomic mass is 9.91. The van der Waals surface area contributed by atoms with E-state index in [0.29, 0.717) is 24.4 Å². The Balaban J connectivity index is 1.78. The molecule has 29 heavy (non-hydrogen) atoms. The van der Waals surface area contributed by atoms with Crippen LogP contribution < -0.4 is 10.8 Å². The molecule has 2 atom stereocenters. The van der Waals surface area contributed by atoms with Crippen molar-refractivity contribution in [2.24, 2.45) is 5.92 Å². The van der Waals surface area contributed by atoms with Crippen molar-refractivity contribution in [3.8, 4) is 0 Å². The van der Waals surface area contributed by atoms with Crippen molar-refractivity contribution in [3.05, 3.63) is 64.4 Å². The van der Waals surface area contributed by atoms with Crippen molar-refractivity contribution in [2.75, 3.05) is 13.7 Å². The summed E-state index contributed by atoms with van der Waals surface area (Å²) in [5.41, 5.74) is 4.95. The molecule has 0 unspecified atom stereocenters. The molecule has 0 fully saturated rings. The van der Waals surface area contributed by atoms with Gasteiger partial charge in [-0.15, -0.1) is 0 Å². The van der Waals surface area contributed by atoms with Crippen LogP contribution in [0.25, 0.3) is 0 Å². The fourth-order valence-corrected chi connectivity index (χ4v) is 3.34. The fourth-order valence-electron chi connectivity index (χ4n) is 3.22. The Bertz CT molecular complexity index is 738. The molecular formula is C22H30ClN3O3. The number of hydrogen-bond acceptors (Lipinski definition) is 5. The standard InChI is InChI=1S/C22H30ClN3O3/c1-16-6-8-17(9-7-16)21(29-2)13-18(22(27)26-28)5-3-4-12-24-15-20-11-10-19(23)14-25-20/h6-11,14,18,21,24,28H,3-5,12-13,15H2,1-2H3,(H,26,27)/t18-,21+/m0/s1. The van der Waals surface area contributed by atoms with Gasteiger partial charge >= 0.3 is 0 Å². The number of benzene rings is 1. The molecule has 2 rings (SSSR count). The van der Waals surface area contributed by atoms with E-state index in [4.69, 9.17) is 21.5 Å². The quantitative estimate of drug-likeness (QED) is 0.273. The van der Waals surface area contributed by atoms with E-state index in [-0.39, 0.29) is 17.9 Å². The summed E-state index contributed by atoms with van der Waals surface area (Å²) in [6.07, 6.45) is 4.44. The number of nitrogens with zero attached hydrogens (tertiary/aromatic N) is 1. The number of carbonyl (C=O) groups excluding carboxylic acids is 1. The summed E-state index contributed by atoms with van der Waals surface area (Å²) < 4.78 is 5.61. The van der Waals surface area contributed by atoms with Crippen LogP contribution in [0.4, 0.5) is 0 Å². The first-order valence-electron chi connectivity index (χ1n) is 9.88. The van der Waals surface area contributed by atoms with Gasteiger partial charge in [-0.1, -0.05) is 47.9 Å². The zero-order valence-electron chi connectivity index (χ0n) is 17.0. The van der Waals surface area contributed by atoms with E-state index in [9.17, 15) is 4.79 Å². The highest BCUT2D eigenvalue weighted by atomic mass is 35.5. The largest absolute Gasteiger partial charge is 0.377 e. The first-order valence-corrected chi connectivity index (χ1v) is 10.3. The number of ether oxygens (including phenoxy) is 1. The highest BCUT2D eigenvalue weighted by Gasteiger charge is 2.23. The van der Waals surface area contributed by atoms with Gasteiger partial charge < -0.3 is 10.1 Å². The van der Waals surface area contributed by atoms with Crippen LogP contribution in [0.15, 0.2) is 42.6 Å². The number of amides is 1. The molecular weight excluding hydrogens is 390 g/mol. The zero-order chi connectivity index (χ0) is 21.1. The molecule has 2 aromatic rings. The van der Waals surface area contributed by atoms with E-state index in [2.05, 4.69) is 10.3 Å². The second-order valence-corrected chi connectivity index (χ2v) is 7.62. The number of unbranched alkanes of at least 4 members (excludes halogenated alkanes) is 1. The number of pyridine rings is 1. The van der Waals surface area contributed by atoms with Gasteiger partial charge in [-0.3, -0.25) is 15.0 Å². The van der Waals surface area contributed by atoms with Crippen LogP contribution in [0.2, 0.25) is 5.02 Å². The summed E-state index contributed by atoms with van der Waals surface area (Å²) in [5.74, 6) is -0.679. The maximum Gasteiger partial charge on any atom is 0.246 e. The average molecular weight is 420 g/mol. The summed E-state index contributed by atoms with van der Waals surface area (Å²) >= 11 is 5.83. The number of halogens is 1. The predicted octanol–water partition coefficient (Wildman–Crippen LogP) is 4.20. The fraction of sp³-hybridized carbons (Fsp3) is 0.455. The molecule has 0 spiro atoms. The summed E-state index contributed by atoms with van der Waals surface area (Å²) in [5, 5.41) is 13.1. The van der Waals surface area contributed by atoms with Gasteiger partial charge in [0.2, 0.25) is 5.91 Å². The summed E-state index contributed by atoms with van der Waals surface area (Å²) in [4.78, 5) is 16.4. The number of aromatic nitrogens is 1. The Labute approximate surface area is 177 Å². The molecule has 0 saturated heterocycles. The molecule has 1 aromatic carbocycles. The topological polar surface area (TPSA) is 83.5 Å². The third-order valence-corrected chi connectivity index (χ3v) is 5.19. The molecule has 1 amide bonds. The van der Waals surface area contributed by atoms with Gasteiger partial charge in [-0.25, -0.2) is 5.48 Å². The van der Waals surface area contributed by atoms with Gasteiger partial charge in [0.15, 0.2) is 0 Å². The van der Waals surface area contributed by atoms with Crippen LogP contribution in [-0.2, 0) is 16.1 Å². The molecule has 6 nitrogen and oxygen atoms in total. The normalized spacial score (nSPS) is 13.1. The van der Waals surface area contributed by atoms with Crippen molar-refractivity contribution >= 4 is 17.5 Å². The average Bonchev–Trinajstić information content (AvgIpc) is 2.74. The van der Waals surface area contributed by atoms with E-state index in [1.807, 2.05) is 43.3 Å². The molecule has 158 valence electrons. The molecule has 0 aliphatic carbocycles. The van der Waals surface area contributed by atoms with Crippen molar-refractivity contribution in [1.82, 2.24) is 15.8 Å². The van der Waals surface area contributed by atoms with Crippen LogP contribution in [0.1, 0.15) is 48.6 Å². The second-order valence-electron chi connectivity index (χ2n) is 7.18. The van der Waals surface area contributed by atoms with E-state index < -0.39 is 0 Å². The van der Waals surface area contributed by atoms with E-state index in [0.717, 1.165) is 30.6 Å². The second kappa shape index (κ2) is 12.5. The molecule has 0 aliphatic heterocycles. The van der Waals surface area contributed by atoms with Crippen molar-refractivity contribution < 1.29 is 14.7 Å². The monoisotopic (exact) mass is 419 g/mol. The summed E-state index contributed by atoms with van der Waals surface area (Å²) in [6, 6.07) is 11.8. The van der Waals surface area contributed by atoms with Crippen molar-refractivity contribution in [1.29, 1.82) is 0 Å². The summed E-state index contributed by atoms with van der Waals surface area (Å²) in [6.45, 7) is 3.53. The molecule has 3 N–H and O–H groups in total. The molecule has 7 heteroatoms. The van der Waals surface area contributed by atoms with Crippen LogP contribution in [0.5, 0.6) is 0 Å². The highest BCUT2D eigenvalue weighted by Crippen LogP contribution is 2.27. The molecule has 0 radical (unpaired) electrons. The van der Waals surface area contributed by atoms with Crippen LogP contribution in [0.3, 0.4) is 0 Å². The smallest absolute Gasteiger partial charge is 0.246 e. The number of carbonyl (C=O) groups is 1. The van der Waals surface area contributed by atoms with Crippen LogP contribution in [-0.4, -0.2) is 29.8 Å². The minimum atomic E-state index is -0.363. The van der Waals surface area contributed by atoms with Gasteiger partial charge in [0, 0.05) is 25.8 Å². The number of methoxy groups -OCH3 is 1.